The molecule has 2 unspecified atom stereocenters. The van der Waals surface area contributed by atoms with Crippen LogP contribution in [0.2, 0.25) is 0 Å². The van der Waals surface area contributed by atoms with Crippen LogP contribution in [-0.4, -0.2) is 18.8 Å². The third kappa shape index (κ3) is 3.01. The zero-order valence-electron chi connectivity index (χ0n) is 11.2. The van der Waals surface area contributed by atoms with Crippen LogP contribution in [0.1, 0.15) is 37.0 Å². The van der Waals surface area contributed by atoms with Gasteiger partial charge in [-0.2, -0.15) is 0 Å². The molecule has 0 aromatic heterocycles. The second kappa shape index (κ2) is 5.09. The SMILES string of the molecule is CCOc1cc(C)c(CCC2OC2C)c(C)c1. The van der Waals surface area contributed by atoms with Crippen LogP contribution < -0.4 is 4.74 Å². The van der Waals surface area contributed by atoms with Crippen LogP contribution in [0.25, 0.3) is 0 Å². The number of ether oxygens (including phenoxy) is 2. The van der Waals surface area contributed by atoms with Crippen molar-refractivity contribution in [1.29, 1.82) is 0 Å². The zero-order valence-corrected chi connectivity index (χ0v) is 11.2. The lowest BCUT2D eigenvalue weighted by Gasteiger charge is -2.12. The van der Waals surface area contributed by atoms with E-state index in [2.05, 4.69) is 32.9 Å². The van der Waals surface area contributed by atoms with Gasteiger partial charge in [0.1, 0.15) is 5.75 Å². The van der Waals surface area contributed by atoms with Crippen LogP contribution in [0.15, 0.2) is 12.1 Å². The lowest BCUT2D eigenvalue weighted by atomic mass is 9.97. The van der Waals surface area contributed by atoms with E-state index in [1.54, 1.807) is 0 Å². The van der Waals surface area contributed by atoms with Crippen LogP contribution in [-0.2, 0) is 11.2 Å². The van der Waals surface area contributed by atoms with Crippen LogP contribution >= 0.6 is 0 Å². The summed E-state index contributed by atoms with van der Waals surface area (Å²) in [5.41, 5.74) is 4.12. The molecule has 1 aliphatic heterocycles. The Balaban J connectivity index is 2.05. The number of benzene rings is 1. The van der Waals surface area contributed by atoms with E-state index in [1.807, 2.05) is 6.92 Å². The number of rotatable bonds is 5. The second-order valence-corrected chi connectivity index (χ2v) is 4.89. The van der Waals surface area contributed by atoms with Gasteiger partial charge >= 0.3 is 0 Å². The Morgan fingerprint density at radius 1 is 1.24 bits per heavy atom. The Labute approximate surface area is 104 Å². The molecular weight excluding hydrogens is 212 g/mol. The summed E-state index contributed by atoms with van der Waals surface area (Å²) in [5.74, 6) is 0.988. The van der Waals surface area contributed by atoms with E-state index in [9.17, 15) is 0 Å². The van der Waals surface area contributed by atoms with Crippen molar-refractivity contribution in [3.8, 4) is 5.75 Å². The molecule has 1 aromatic rings. The van der Waals surface area contributed by atoms with Crippen molar-refractivity contribution in [1.82, 2.24) is 0 Å². The van der Waals surface area contributed by atoms with Gasteiger partial charge in [0.15, 0.2) is 0 Å². The third-order valence-electron chi connectivity index (χ3n) is 3.50. The van der Waals surface area contributed by atoms with Gasteiger partial charge in [-0.05, 0) is 69.4 Å². The molecule has 0 N–H and O–H groups in total. The lowest BCUT2D eigenvalue weighted by Crippen LogP contribution is -2.00. The summed E-state index contributed by atoms with van der Waals surface area (Å²) in [6.07, 6.45) is 3.20. The van der Waals surface area contributed by atoms with Crippen molar-refractivity contribution in [2.75, 3.05) is 6.61 Å². The van der Waals surface area contributed by atoms with E-state index in [4.69, 9.17) is 9.47 Å². The standard InChI is InChI=1S/C15H22O2/c1-5-16-13-8-10(2)14(11(3)9-13)6-7-15-12(4)17-15/h8-9,12,15H,5-7H2,1-4H3. The van der Waals surface area contributed by atoms with Crippen molar-refractivity contribution in [3.05, 3.63) is 28.8 Å². The number of hydrogen-bond donors (Lipinski definition) is 0. The Kier molecular flexibility index (Phi) is 3.72. The average Bonchev–Trinajstić information content (AvgIpc) is 2.94. The molecule has 1 saturated heterocycles. The second-order valence-electron chi connectivity index (χ2n) is 4.89. The molecular formula is C15H22O2. The minimum absolute atomic E-state index is 0.471. The average molecular weight is 234 g/mol. The molecule has 17 heavy (non-hydrogen) atoms. The van der Waals surface area contributed by atoms with Crippen molar-refractivity contribution in [2.45, 2.75) is 52.7 Å². The van der Waals surface area contributed by atoms with Crippen LogP contribution in [0.5, 0.6) is 5.75 Å². The molecule has 2 rings (SSSR count). The van der Waals surface area contributed by atoms with Gasteiger partial charge in [0.05, 0.1) is 18.8 Å². The quantitative estimate of drug-likeness (QED) is 0.728. The van der Waals surface area contributed by atoms with Crippen molar-refractivity contribution in [2.24, 2.45) is 0 Å². The molecule has 0 saturated carbocycles. The fraction of sp³-hybridized carbons (Fsp3) is 0.600. The van der Waals surface area contributed by atoms with Gasteiger partial charge in [-0.15, -0.1) is 0 Å². The summed E-state index contributed by atoms with van der Waals surface area (Å²) in [4.78, 5) is 0. The maximum Gasteiger partial charge on any atom is 0.119 e. The molecule has 1 aliphatic rings. The fourth-order valence-electron chi connectivity index (χ4n) is 2.42. The van der Waals surface area contributed by atoms with Crippen molar-refractivity contribution >= 4 is 0 Å². The molecule has 2 atom stereocenters. The Bertz CT molecular complexity index is 375. The molecule has 1 heterocycles. The smallest absolute Gasteiger partial charge is 0.119 e. The molecule has 94 valence electrons. The predicted octanol–water partition coefficient (Wildman–Crippen LogP) is 3.42. The highest BCUT2D eigenvalue weighted by Gasteiger charge is 2.33. The number of hydrogen-bond acceptors (Lipinski definition) is 2. The molecule has 0 amide bonds. The van der Waals surface area contributed by atoms with Gasteiger partial charge in [0, 0.05) is 0 Å². The molecule has 0 radical (unpaired) electrons. The fourth-order valence-corrected chi connectivity index (χ4v) is 2.42. The van der Waals surface area contributed by atoms with Gasteiger partial charge in [-0.3, -0.25) is 0 Å². The first-order valence-corrected chi connectivity index (χ1v) is 6.50. The molecule has 2 heteroatoms. The summed E-state index contributed by atoms with van der Waals surface area (Å²) in [5, 5.41) is 0. The van der Waals surface area contributed by atoms with E-state index < -0.39 is 0 Å². The number of epoxide rings is 1. The van der Waals surface area contributed by atoms with E-state index in [0.29, 0.717) is 12.2 Å². The molecule has 2 nitrogen and oxygen atoms in total. The van der Waals surface area contributed by atoms with E-state index >= 15 is 0 Å². The van der Waals surface area contributed by atoms with Gasteiger partial charge in [-0.25, -0.2) is 0 Å². The summed E-state index contributed by atoms with van der Waals surface area (Å²) in [7, 11) is 0. The Morgan fingerprint density at radius 2 is 1.82 bits per heavy atom. The van der Waals surface area contributed by atoms with Crippen LogP contribution in [0, 0.1) is 13.8 Å². The maximum atomic E-state index is 5.55. The lowest BCUT2D eigenvalue weighted by molar-refractivity contribution is 0.339. The largest absolute Gasteiger partial charge is 0.494 e. The maximum absolute atomic E-state index is 5.55. The molecule has 1 aromatic carbocycles. The molecule has 0 spiro atoms. The molecule has 0 aliphatic carbocycles. The minimum atomic E-state index is 0.471. The van der Waals surface area contributed by atoms with Crippen molar-refractivity contribution in [3.63, 3.8) is 0 Å². The zero-order chi connectivity index (χ0) is 12.4. The summed E-state index contributed by atoms with van der Waals surface area (Å²) in [6, 6.07) is 4.28. The highest BCUT2D eigenvalue weighted by Crippen LogP contribution is 2.29. The van der Waals surface area contributed by atoms with Crippen molar-refractivity contribution < 1.29 is 9.47 Å². The highest BCUT2D eigenvalue weighted by molar-refractivity contribution is 5.41. The van der Waals surface area contributed by atoms with E-state index in [1.165, 1.54) is 16.7 Å². The van der Waals surface area contributed by atoms with Crippen LogP contribution in [0.3, 0.4) is 0 Å². The Morgan fingerprint density at radius 3 is 2.29 bits per heavy atom. The van der Waals surface area contributed by atoms with Crippen LogP contribution in [0.4, 0.5) is 0 Å². The van der Waals surface area contributed by atoms with E-state index in [0.717, 1.165) is 25.2 Å². The van der Waals surface area contributed by atoms with Gasteiger partial charge in [-0.1, -0.05) is 0 Å². The van der Waals surface area contributed by atoms with E-state index in [-0.39, 0.29) is 0 Å². The summed E-state index contributed by atoms with van der Waals surface area (Å²) in [6.45, 7) is 9.22. The normalized spacial score (nSPS) is 22.6. The summed E-state index contributed by atoms with van der Waals surface area (Å²) < 4.78 is 11.0. The first kappa shape index (κ1) is 12.4. The first-order valence-electron chi connectivity index (χ1n) is 6.50. The summed E-state index contributed by atoms with van der Waals surface area (Å²) >= 11 is 0. The first-order chi connectivity index (χ1) is 8.11. The predicted molar refractivity (Wildman–Crippen MR) is 69.7 cm³/mol. The third-order valence-corrected chi connectivity index (χ3v) is 3.50. The van der Waals surface area contributed by atoms with Gasteiger partial charge in [0.25, 0.3) is 0 Å². The van der Waals surface area contributed by atoms with Gasteiger partial charge < -0.3 is 9.47 Å². The Hall–Kier alpha value is -1.02. The molecule has 0 bridgehead atoms. The molecule has 1 fully saturated rings. The monoisotopic (exact) mass is 234 g/mol. The number of aryl methyl sites for hydroxylation is 2. The van der Waals surface area contributed by atoms with Gasteiger partial charge in [0.2, 0.25) is 0 Å². The topological polar surface area (TPSA) is 21.8 Å². The highest BCUT2D eigenvalue weighted by atomic mass is 16.6. The minimum Gasteiger partial charge on any atom is -0.494 e.